The van der Waals surface area contributed by atoms with Crippen molar-refractivity contribution in [3.63, 3.8) is 0 Å². The summed E-state index contributed by atoms with van der Waals surface area (Å²) >= 11 is 0. The first kappa shape index (κ1) is 12.9. The number of para-hydroxylation sites is 1. The first-order valence-corrected chi connectivity index (χ1v) is 7.00. The Labute approximate surface area is 113 Å². The van der Waals surface area contributed by atoms with Crippen LogP contribution in [0.2, 0.25) is 0 Å². The molecular formula is C15H20O4. The number of benzene rings is 1. The molecule has 0 aromatic heterocycles. The van der Waals surface area contributed by atoms with Gasteiger partial charge in [-0.15, -0.1) is 0 Å². The Morgan fingerprint density at radius 2 is 2.00 bits per heavy atom. The molecule has 2 heterocycles. The summed E-state index contributed by atoms with van der Waals surface area (Å²) in [6, 6.07) is 9.76. The molecule has 104 valence electrons. The average molecular weight is 264 g/mol. The number of hydrogen-bond donors (Lipinski definition) is 0. The number of ether oxygens (including phenoxy) is 4. The van der Waals surface area contributed by atoms with Crippen molar-refractivity contribution >= 4 is 0 Å². The van der Waals surface area contributed by atoms with E-state index in [2.05, 4.69) is 0 Å². The Balaban J connectivity index is 1.51. The zero-order valence-electron chi connectivity index (χ0n) is 11.0. The number of rotatable bonds is 3. The zero-order valence-corrected chi connectivity index (χ0v) is 11.0. The molecule has 2 aliphatic heterocycles. The molecule has 2 unspecified atom stereocenters. The zero-order chi connectivity index (χ0) is 13.0. The van der Waals surface area contributed by atoms with Crippen LogP contribution in [0.25, 0.3) is 0 Å². The van der Waals surface area contributed by atoms with Crippen molar-refractivity contribution in [3.8, 4) is 5.75 Å². The molecule has 4 nitrogen and oxygen atoms in total. The van der Waals surface area contributed by atoms with E-state index < -0.39 is 5.97 Å². The largest absolute Gasteiger partial charge is 0.491 e. The lowest BCUT2D eigenvalue weighted by atomic mass is 10.2. The second-order valence-electron chi connectivity index (χ2n) is 5.02. The minimum Gasteiger partial charge on any atom is -0.491 e. The van der Waals surface area contributed by atoms with Crippen molar-refractivity contribution in [2.24, 2.45) is 0 Å². The molecule has 0 bridgehead atoms. The maximum Gasteiger partial charge on any atom is 0.283 e. The molecule has 0 saturated carbocycles. The summed E-state index contributed by atoms with van der Waals surface area (Å²) in [7, 11) is 0. The third-order valence-electron chi connectivity index (χ3n) is 3.46. The van der Waals surface area contributed by atoms with E-state index in [4.69, 9.17) is 18.9 Å². The van der Waals surface area contributed by atoms with Crippen LogP contribution in [0.5, 0.6) is 5.75 Å². The van der Waals surface area contributed by atoms with Gasteiger partial charge in [-0.2, -0.15) is 0 Å². The van der Waals surface area contributed by atoms with Gasteiger partial charge in [0.05, 0.1) is 13.2 Å². The molecule has 19 heavy (non-hydrogen) atoms. The van der Waals surface area contributed by atoms with E-state index in [1.54, 1.807) is 0 Å². The van der Waals surface area contributed by atoms with Gasteiger partial charge in [0, 0.05) is 6.42 Å². The third kappa shape index (κ3) is 3.26. The molecule has 3 rings (SSSR count). The van der Waals surface area contributed by atoms with Gasteiger partial charge >= 0.3 is 0 Å². The highest BCUT2D eigenvalue weighted by Gasteiger charge is 2.43. The van der Waals surface area contributed by atoms with Gasteiger partial charge < -0.3 is 18.9 Å². The fraction of sp³-hybridized carbons (Fsp3) is 0.600. The van der Waals surface area contributed by atoms with E-state index in [9.17, 15) is 0 Å². The summed E-state index contributed by atoms with van der Waals surface area (Å²) in [6.45, 7) is 1.74. The van der Waals surface area contributed by atoms with Gasteiger partial charge in [0.25, 0.3) is 5.97 Å². The lowest BCUT2D eigenvalue weighted by Gasteiger charge is -2.25. The van der Waals surface area contributed by atoms with Gasteiger partial charge in [-0.05, 0) is 25.0 Å². The normalized spacial score (nSPS) is 31.3. The highest BCUT2D eigenvalue weighted by Crippen LogP contribution is 2.33. The Kier molecular flexibility index (Phi) is 4.01. The topological polar surface area (TPSA) is 36.9 Å². The molecule has 1 aromatic rings. The van der Waals surface area contributed by atoms with Gasteiger partial charge in [-0.25, -0.2) is 0 Å². The molecule has 1 aromatic carbocycles. The molecule has 2 aliphatic rings. The molecule has 0 N–H and O–H groups in total. The van der Waals surface area contributed by atoms with Crippen LogP contribution in [0.15, 0.2) is 30.3 Å². The van der Waals surface area contributed by atoms with Gasteiger partial charge in [-0.1, -0.05) is 24.6 Å². The summed E-state index contributed by atoms with van der Waals surface area (Å²) in [4.78, 5) is 0. The smallest absolute Gasteiger partial charge is 0.283 e. The Bertz CT molecular complexity index is 384. The molecule has 0 radical (unpaired) electrons. The van der Waals surface area contributed by atoms with Crippen LogP contribution < -0.4 is 4.74 Å². The van der Waals surface area contributed by atoms with Gasteiger partial charge in [0.15, 0.2) is 0 Å². The van der Waals surface area contributed by atoms with Gasteiger partial charge in [0.2, 0.25) is 0 Å². The molecule has 2 atom stereocenters. The van der Waals surface area contributed by atoms with E-state index in [-0.39, 0.29) is 6.10 Å². The van der Waals surface area contributed by atoms with Crippen molar-refractivity contribution in [1.29, 1.82) is 0 Å². The minimum atomic E-state index is -0.804. The van der Waals surface area contributed by atoms with Gasteiger partial charge in [-0.3, -0.25) is 0 Å². The van der Waals surface area contributed by atoms with Crippen LogP contribution in [0.4, 0.5) is 0 Å². The standard InChI is InChI=1S/C15H20O4/c1-3-7-13(8-4-1)16-11-14-12-18-15(19-14)9-5-2-6-10-17-15/h1,3-4,7-8,14H,2,5-6,9-12H2. The molecule has 0 amide bonds. The van der Waals surface area contributed by atoms with Crippen LogP contribution in [-0.4, -0.2) is 31.9 Å². The predicted molar refractivity (Wildman–Crippen MR) is 69.9 cm³/mol. The first-order chi connectivity index (χ1) is 9.36. The lowest BCUT2D eigenvalue weighted by Crippen LogP contribution is -2.34. The van der Waals surface area contributed by atoms with Crippen LogP contribution in [0.1, 0.15) is 25.7 Å². The van der Waals surface area contributed by atoms with Crippen LogP contribution >= 0.6 is 0 Å². The summed E-state index contributed by atoms with van der Waals surface area (Å²) in [5, 5.41) is 0. The SMILES string of the molecule is c1ccc(OCC2COC3(CCCCCO3)O2)cc1. The van der Waals surface area contributed by atoms with E-state index in [0.29, 0.717) is 19.8 Å². The van der Waals surface area contributed by atoms with Crippen LogP contribution in [-0.2, 0) is 14.2 Å². The van der Waals surface area contributed by atoms with E-state index >= 15 is 0 Å². The van der Waals surface area contributed by atoms with Crippen LogP contribution in [0.3, 0.4) is 0 Å². The lowest BCUT2D eigenvalue weighted by molar-refractivity contribution is -0.337. The fourth-order valence-electron chi connectivity index (χ4n) is 2.46. The number of hydrogen-bond acceptors (Lipinski definition) is 4. The van der Waals surface area contributed by atoms with Crippen LogP contribution in [0, 0.1) is 0 Å². The average Bonchev–Trinajstić information content (AvgIpc) is 2.70. The minimum absolute atomic E-state index is 0.0571. The van der Waals surface area contributed by atoms with E-state index in [1.807, 2.05) is 30.3 Å². The molecular weight excluding hydrogens is 244 g/mol. The first-order valence-electron chi connectivity index (χ1n) is 7.00. The van der Waals surface area contributed by atoms with Crippen molar-refractivity contribution in [2.45, 2.75) is 37.8 Å². The maximum atomic E-state index is 5.92. The van der Waals surface area contributed by atoms with Gasteiger partial charge in [0.1, 0.15) is 18.5 Å². The van der Waals surface area contributed by atoms with E-state index in [0.717, 1.165) is 25.0 Å². The Morgan fingerprint density at radius 1 is 1.11 bits per heavy atom. The quantitative estimate of drug-likeness (QED) is 0.841. The highest BCUT2D eigenvalue weighted by molar-refractivity contribution is 5.20. The molecule has 4 heteroatoms. The monoisotopic (exact) mass is 264 g/mol. The van der Waals surface area contributed by atoms with Crippen molar-refractivity contribution < 1.29 is 18.9 Å². The Morgan fingerprint density at radius 3 is 2.89 bits per heavy atom. The molecule has 0 aliphatic carbocycles. The Hall–Kier alpha value is -1.10. The van der Waals surface area contributed by atoms with Crippen molar-refractivity contribution in [1.82, 2.24) is 0 Å². The second-order valence-corrected chi connectivity index (χ2v) is 5.02. The highest BCUT2D eigenvalue weighted by atomic mass is 16.9. The predicted octanol–water partition coefficient (Wildman–Crippen LogP) is 2.73. The molecule has 2 fully saturated rings. The fourth-order valence-corrected chi connectivity index (χ4v) is 2.46. The summed E-state index contributed by atoms with van der Waals surface area (Å²) < 4.78 is 23.1. The summed E-state index contributed by atoms with van der Waals surface area (Å²) in [6.07, 6.45) is 4.11. The van der Waals surface area contributed by atoms with E-state index in [1.165, 1.54) is 6.42 Å². The van der Waals surface area contributed by atoms with Crippen molar-refractivity contribution in [3.05, 3.63) is 30.3 Å². The molecule has 1 spiro atoms. The second kappa shape index (κ2) is 5.90. The summed E-state index contributed by atoms with van der Waals surface area (Å²) in [5.74, 6) is 0.0511. The third-order valence-corrected chi connectivity index (χ3v) is 3.46. The molecule has 2 saturated heterocycles. The summed E-state index contributed by atoms with van der Waals surface area (Å²) in [5.41, 5.74) is 0. The maximum absolute atomic E-state index is 5.92. The van der Waals surface area contributed by atoms with Crippen molar-refractivity contribution in [2.75, 3.05) is 19.8 Å².